The Kier molecular flexibility index (Phi) is 3.89. The summed E-state index contributed by atoms with van der Waals surface area (Å²) in [6.07, 6.45) is 4.50. The predicted molar refractivity (Wildman–Crippen MR) is 83.9 cm³/mol. The van der Waals surface area contributed by atoms with Crippen molar-refractivity contribution in [3.8, 4) is 11.3 Å². The molecule has 1 aromatic carbocycles. The van der Waals surface area contributed by atoms with Crippen molar-refractivity contribution in [2.75, 3.05) is 5.73 Å². The van der Waals surface area contributed by atoms with E-state index < -0.39 is 0 Å². The summed E-state index contributed by atoms with van der Waals surface area (Å²) in [5, 5.41) is 0.351. The molecule has 1 aliphatic rings. The average molecular weight is 308 g/mol. The Labute approximate surface area is 128 Å². The highest BCUT2D eigenvalue weighted by atomic mass is 35.5. The molecule has 3 rings (SSSR count). The van der Waals surface area contributed by atoms with Gasteiger partial charge < -0.3 is 10.3 Å². The number of imidazole rings is 1. The van der Waals surface area contributed by atoms with Crippen LogP contribution in [0.2, 0.25) is 5.02 Å². The maximum absolute atomic E-state index is 13.2. The lowest BCUT2D eigenvalue weighted by atomic mass is 10.1. The molecule has 0 atom stereocenters. The van der Waals surface area contributed by atoms with Crippen molar-refractivity contribution in [2.24, 2.45) is 0 Å². The Morgan fingerprint density at radius 2 is 2.19 bits per heavy atom. The average Bonchev–Trinajstić information content (AvgIpc) is 3.23. The number of unbranched alkanes of at least 4 members (excludes halogenated alkanes) is 1. The summed E-state index contributed by atoms with van der Waals surface area (Å²) in [6.45, 7) is 3.03. The summed E-state index contributed by atoms with van der Waals surface area (Å²) >= 11 is 6.15. The second kappa shape index (κ2) is 5.68. The molecule has 1 aromatic heterocycles. The van der Waals surface area contributed by atoms with Gasteiger partial charge in [0.2, 0.25) is 0 Å². The molecule has 1 heterocycles. The van der Waals surface area contributed by atoms with Gasteiger partial charge in [-0.3, -0.25) is 0 Å². The van der Waals surface area contributed by atoms with Crippen molar-refractivity contribution in [1.29, 1.82) is 0 Å². The molecule has 0 amide bonds. The number of nitrogen functional groups attached to an aromatic ring is 1. The van der Waals surface area contributed by atoms with Crippen molar-refractivity contribution in [1.82, 2.24) is 9.55 Å². The lowest BCUT2D eigenvalue weighted by molar-refractivity contribution is 0.609. The Hall–Kier alpha value is -1.55. The number of rotatable bonds is 5. The van der Waals surface area contributed by atoms with Crippen molar-refractivity contribution < 1.29 is 4.39 Å². The van der Waals surface area contributed by atoms with Gasteiger partial charge in [0.1, 0.15) is 23.2 Å². The normalized spacial score (nSPS) is 14.6. The summed E-state index contributed by atoms with van der Waals surface area (Å²) in [5.41, 5.74) is 7.68. The number of hydrogen-bond donors (Lipinski definition) is 1. The van der Waals surface area contributed by atoms with E-state index in [-0.39, 0.29) is 5.82 Å². The lowest BCUT2D eigenvalue weighted by Crippen LogP contribution is -2.06. The van der Waals surface area contributed by atoms with Crippen LogP contribution in [0.5, 0.6) is 0 Å². The van der Waals surface area contributed by atoms with Crippen LogP contribution < -0.4 is 5.73 Å². The fourth-order valence-corrected chi connectivity index (χ4v) is 2.82. The van der Waals surface area contributed by atoms with Gasteiger partial charge in [-0.1, -0.05) is 24.9 Å². The van der Waals surface area contributed by atoms with E-state index in [1.165, 1.54) is 25.0 Å². The van der Waals surface area contributed by atoms with Crippen LogP contribution in [0.4, 0.5) is 10.2 Å². The number of anilines is 1. The van der Waals surface area contributed by atoms with Crippen LogP contribution in [0.3, 0.4) is 0 Å². The molecule has 0 bridgehead atoms. The van der Waals surface area contributed by atoms with E-state index in [4.69, 9.17) is 22.3 Å². The molecule has 5 heteroatoms. The molecule has 0 spiro atoms. The summed E-state index contributed by atoms with van der Waals surface area (Å²) < 4.78 is 15.3. The summed E-state index contributed by atoms with van der Waals surface area (Å²) in [6, 6.07) is 4.35. The molecule has 1 fully saturated rings. The van der Waals surface area contributed by atoms with Crippen molar-refractivity contribution in [3.63, 3.8) is 0 Å². The predicted octanol–water partition coefficient (Wildman–Crippen LogP) is 4.60. The fourth-order valence-electron chi connectivity index (χ4n) is 2.57. The van der Waals surface area contributed by atoms with Crippen LogP contribution in [0.1, 0.15) is 44.3 Å². The smallest absolute Gasteiger partial charge is 0.131 e. The maximum atomic E-state index is 13.2. The molecule has 0 saturated heterocycles. The topological polar surface area (TPSA) is 43.8 Å². The van der Waals surface area contributed by atoms with E-state index in [0.29, 0.717) is 28.0 Å². The highest BCUT2D eigenvalue weighted by Gasteiger charge is 2.31. The zero-order valence-electron chi connectivity index (χ0n) is 12.1. The quantitative estimate of drug-likeness (QED) is 0.877. The van der Waals surface area contributed by atoms with Gasteiger partial charge in [0, 0.05) is 18.0 Å². The minimum Gasteiger partial charge on any atom is -0.383 e. The number of nitrogens with zero attached hydrogens (tertiary/aromatic N) is 2. The molecule has 1 aliphatic carbocycles. The molecular formula is C16H19ClFN3. The zero-order valence-corrected chi connectivity index (χ0v) is 12.8. The van der Waals surface area contributed by atoms with Crippen LogP contribution in [0.25, 0.3) is 11.3 Å². The lowest BCUT2D eigenvalue weighted by Gasteiger charge is -2.08. The molecule has 0 unspecified atom stereocenters. The molecule has 3 nitrogen and oxygen atoms in total. The van der Waals surface area contributed by atoms with Gasteiger partial charge in [-0.15, -0.1) is 0 Å². The Morgan fingerprint density at radius 1 is 1.43 bits per heavy atom. The number of halogens is 2. The van der Waals surface area contributed by atoms with Gasteiger partial charge >= 0.3 is 0 Å². The van der Waals surface area contributed by atoms with Gasteiger partial charge in [-0.2, -0.15) is 0 Å². The van der Waals surface area contributed by atoms with E-state index in [1.807, 2.05) is 0 Å². The first-order valence-corrected chi connectivity index (χ1v) is 7.81. The van der Waals surface area contributed by atoms with Crippen LogP contribution in [0.15, 0.2) is 18.2 Å². The van der Waals surface area contributed by atoms with E-state index in [1.54, 1.807) is 6.07 Å². The minimum absolute atomic E-state index is 0.351. The summed E-state index contributed by atoms with van der Waals surface area (Å²) in [7, 11) is 0. The number of benzene rings is 1. The van der Waals surface area contributed by atoms with Crippen LogP contribution >= 0.6 is 11.6 Å². The minimum atomic E-state index is -0.352. The molecule has 1 saturated carbocycles. The third-order valence-corrected chi connectivity index (χ3v) is 4.21. The number of aromatic nitrogens is 2. The third-order valence-electron chi connectivity index (χ3n) is 3.90. The maximum Gasteiger partial charge on any atom is 0.131 e. The molecular weight excluding hydrogens is 289 g/mol. The van der Waals surface area contributed by atoms with E-state index in [0.717, 1.165) is 25.2 Å². The molecule has 2 N–H and O–H groups in total. The largest absolute Gasteiger partial charge is 0.383 e. The van der Waals surface area contributed by atoms with Gasteiger partial charge in [-0.25, -0.2) is 9.37 Å². The van der Waals surface area contributed by atoms with Crippen LogP contribution in [0, 0.1) is 5.82 Å². The van der Waals surface area contributed by atoms with Gasteiger partial charge in [0.25, 0.3) is 0 Å². The van der Waals surface area contributed by atoms with Crippen molar-refractivity contribution in [3.05, 3.63) is 34.9 Å². The van der Waals surface area contributed by atoms with E-state index in [9.17, 15) is 4.39 Å². The molecule has 0 aliphatic heterocycles. The Morgan fingerprint density at radius 3 is 2.81 bits per heavy atom. The van der Waals surface area contributed by atoms with Crippen LogP contribution in [-0.2, 0) is 6.54 Å². The second-order valence-corrected chi connectivity index (χ2v) is 6.01. The molecule has 2 aromatic rings. The van der Waals surface area contributed by atoms with Gasteiger partial charge in [-0.05, 0) is 37.5 Å². The summed E-state index contributed by atoms with van der Waals surface area (Å²) in [5.74, 6) is 1.85. The second-order valence-electron chi connectivity index (χ2n) is 5.61. The van der Waals surface area contributed by atoms with E-state index >= 15 is 0 Å². The number of nitrogens with two attached hydrogens (primary N) is 1. The molecule has 21 heavy (non-hydrogen) atoms. The monoisotopic (exact) mass is 307 g/mol. The standard InChI is InChI=1S/C16H19ClFN3/c1-2-3-8-21-15(19)14(20-16(21)10-4-5-10)12-7-6-11(18)9-13(12)17/h6-7,9-10H,2-5,8,19H2,1H3. The van der Waals surface area contributed by atoms with E-state index in [2.05, 4.69) is 11.5 Å². The first-order chi connectivity index (χ1) is 10.1. The highest BCUT2D eigenvalue weighted by Crippen LogP contribution is 2.43. The highest BCUT2D eigenvalue weighted by molar-refractivity contribution is 6.33. The number of hydrogen-bond acceptors (Lipinski definition) is 2. The Bertz CT molecular complexity index is 662. The summed E-state index contributed by atoms with van der Waals surface area (Å²) in [4.78, 5) is 4.72. The van der Waals surface area contributed by atoms with Gasteiger partial charge in [0.15, 0.2) is 0 Å². The first-order valence-electron chi connectivity index (χ1n) is 7.43. The zero-order chi connectivity index (χ0) is 15.0. The third kappa shape index (κ3) is 2.77. The van der Waals surface area contributed by atoms with Crippen LogP contribution in [-0.4, -0.2) is 9.55 Å². The van der Waals surface area contributed by atoms with Crippen molar-refractivity contribution >= 4 is 17.4 Å². The molecule has 112 valence electrons. The SMILES string of the molecule is CCCCn1c(C2CC2)nc(-c2ccc(F)cc2Cl)c1N. The van der Waals surface area contributed by atoms with Crippen molar-refractivity contribution in [2.45, 2.75) is 45.1 Å². The Balaban J connectivity index is 2.06. The first kappa shape index (κ1) is 14.4. The fraction of sp³-hybridized carbons (Fsp3) is 0.438. The van der Waals surface area contributed by atoms with Gasteiger partial charge in [0.05, 0.1) is 5.02 Å². The molecule has 0 radical (unpaired) electrons.